The quantitative estimate of drug-likeness (QED) is 0.264. The van der Waals surface area contributed by atoms with E-state index in [-0.39, 0.29) is 0 Å². The molecule has 0 aliphatic heterocycles. The van der Waals surface area contributed by atoms with Gasteiger partial charge in [0, 0.05) is 0 Å². The third-order valence-corrected chi connectivity index (χ3v) is 7.80. The van der Waals surface area contributed by atoms with Crippen LogP contribution in [0.25, 0.3) is 5.57 Å². The predicted molar refractivity (Wildman–Crippen MR) is 140 cm³/mol. The minimum absolute atomic E-state index is 0.759. The van der Waals surface area contributed by atoms with Crippen LogP contribution in [0.4, 0.5) is 0 Å². The van der Waals surface area contributed by atoms with Crippen LogP contribution in [0.1, 0.15) is 116 Å². The number of ether oxygens (including phenoxy) is 1. The summed E-state index contributed by atoms with van der Waals surface area (Å²) in [5.41, 5.74) is 2.71. The van der Waals surface area contributed by atoms with E-state index in [1.54, 1.807) is 0 Å². The zero-order valence-electron chi connectivity index (χ0n) is 21.0. The summed E-state index contributed by atoms with van der Waals surface area (Å²) in [5, 5.41) is 0. The van der Waals surface area contributed by atoms with Crippen LogP contribution < -0.4 is 4.74 Å². The Balaban J connectivity index is 1.35. The number of hydrogen-bond acceptors (Lipinski definition) is 1. The average molecular weight is 437 g/mol. The summed E-state index contributed by atoms with van der Waals surface area (Å²) >= 11 is 0. The summed E-state index contributed by atoms with van der Waals surface area (Å²) in [5.74, 6) is 3.68. The van der Waals surface area contributed by atoms with E-state index in [9.17, 15) is 0 Å². The molecular weight excluding hydrogens is 388 g/mol. The van der Waals surface area contributed by atoms with Crippen LogP contribution in [0.5, 0.6) is 5.75 Å². The van der Waals surface area contributed by atoms with Crippen LogP contribution in [0.3, 0.4) is 0 Å². The van der Waals surface area contributed by atoms with E-state index in [0.717, 1.165) is 36.5 Å². The Labute approximate surface area is 198 Å². The molecular formula is C31H48O. The molecule has 178 valence electrons. The summed E-state index contributed by atoms with van der Waals surface area (Å²) in [6, 6.07) is 8.71. The van der Waals surface area contributed by atoms with Crippen molar-refractivity contribution in [3.63, 3.8) is 0 Å². The Morgan fingerprint density at radius 1 is 0.781 bits per heavy atom. The first-order valence-corrected chi connectivity index (χ1v) is 13.9. The van der Waals surface area contributed by atoms with Gasteiger partial charge in [-0.05, 0) is 66.7 Å². The van der Waals surface area contributed by atoms with Crippen LogP contribution in [-0.2, 0) is 0 Å². The maximum atomic E-state index is 5.86. The molecule has 1 nitrogen and oxygen atoms in total. The Morgan fingerprint density at radius 3 is 2.16 bits per heavy atom. The highest BCUT2D eigenvalue weighted by Gasteiger charge is 2.26. The molecule has 2 aliphatic rings. The van der Waals surface area contributed by atoms with E-state index >= 15 is 0 Å². The SMILES string of the molecule is CCCCCCCC[C@H]1CC[C@H](C2C=CC(c3ccc(OCCCCC)cc3)=CC2)CC1. The van der Waals surface area contributed by atoms with Crippen molar-refractivity contribution in [1.29, 1.82) is 0 Å². The molecule has 1 atom stereocenters. The first-order valence-electron chi connectivity index (χ1n) is 13.9. The molecule has 3 rings (SSSR count). The zero-order valence-corrected chi connectivity index (χ0v) is 21.0. The average Bonchev–Trinajstić information content (AvgIpc) is 2.85. The van der Waals surface area contributed by atoms with Gasteiger partial charge in [-0.1, -0.05) is 115 Å². The third kappa shape index (κ3) is 8.45. The van der Waals surface area contributed by atoms with E-state index < -0.39 is 0 Å². The van der Waals surface area contributed by atoms with Crippen LogP contribution >= 0.6 is 0 Å². The van der Waals surface area contributed by atoms with Crippen molar-refractivity contribution >= 4 is 5.57 Å². The van der Waals surface area contributed by atoms with Gasteiger partial charge in [-0.3, -0.25) is 0 Å². The second kappa shape index (κ2) is 14.6. The highest BCUT2D eigenvalue weighted by Crippen LogP contribution is 2.39. The number of benzene rings is 1. The number of allylic oxidation sites excluding steroid dienone is 4. The molecule has 32 heavy (non-hydrogen) atoms. The highest BCUT2D eigenvalue weighted by atomic mass is 16.5. The molecule has 0 heterocycles. The van der Waals surface area contributed by atoms with Gasteiger partial charge in [-0.2, -0.15) is 0 Å². The summed E-state index contributed by atoms with van der Waals surface area (Å²) in [6.45, 7) is 5.37. The summed E-state index contributed by atoms with van der Waals surface area (Å²) < 4.78 is 5.86. The van der Waals surface area contributed by atoms with Gasteiger partial charge in [-0.15, -0.1) is 0 Å². The molecule has 0 spiro atoms. The van der Waals surface area contributed by atoms with E-state index in [1.165, 1.54) is 101 Å². The van der Waals surface area contributed by atoms with Crippen LogP contribution in [0.2, 0.25) is 0 Å². The largest absolute Gasteiger partial charge is 0.494 e. The molecule has 0 saturated heterocycles. The number of unbranched alkanes of at least 4 members (excludes halogenated alkanes) is 7. The Kier molecular flexibility index (Phi) is 11.5. The lowest BCUT2D eigenvalue weighted by Crippen LogP contribution is -2.21. The van der Waals surface area contributed by atoms with Gasteiger partial charge in [0.15, 0.2) is 0 Å². The topological polar surface area (TPSA) is 9.23 Å². The second-order valence-electron chi connectivity index (χ2n) is 10.3. The van der Waals surface area contributed by atoms with E-state index in [4.69, 9.17) is 4.74 Å². The van der Waals surface area contributed by atoms with E-state index in [1.807, 2.05) is 0 Å². The van der Waals surface area contributed by atoms with Gasteiger partial charge in [0.25, 0.3) is 0 Å². The van der Waals surface area contributed by atoms with Gasteiger partial charge < -0.3 is 4.74 Å². The first-order chi connectivity index (χ1) is 15.8. The lowest BCUT2D eigenvalue weighted by molar-refractivity contribution is 0.218. The van der Waals surface area contributed by atoms with Crippen molar-refractivity contribution in [3.05, 3.63) is 48.1 Å². The van der Waals surface area contributed by atoms with Crippen molar-refractivity contribution < 1.29 is 4.74 Å². The zero-order chi connectivity index (χ0) is 22.4. The van der Waals surface area contributed by atoms with E-state index in [0.29, 0.717) is 0 Å². The molecule has 1 unspecified atom stereocenters. The van der Waals surface area contributed by atoms with Crippen LogP contribution in [0, 0.1) is 17.8 Å². The van der Waals surface area contributed by atoms with Crippen molar-refractivity contribution in [2.45, 2.75) is 110 Å². The van der Waals surface area contributed by atoms with Gasteiger partial charge in [0.1, 0.15) is 5.75 Å². The van der Waals surface area contributed by atoms with Crippen LogP contribution in [0.15, 0.2) is 42.5 Å². The molecule has 0 radical (unpaired) electrons. The van der Waals surface area contributed by atoms with Gasteiger partial charge in [0.2, 0.25) is 0 Å². The lowest BCUT2D eigenvalue weighted by Gasteiger charge is -2.33. The maximum absolute atomic E-state index is 5.86. The fourth-order valence-electron chi connectivity index (χ4n) is 5.60. The third-order valence-electron chi connectivity index (χ3n) is 7.80. The fraction of sp³-hybridized carbons (Fsp3) is 0.677. The van der Waals surface area contributed by atoms with E-state index in [2.05, 4.69) is 56.3 Å². The molecule has 0 aromatic heterocycles. The normalized spacial score (nSPS) is 23.2. The molecule has 0 N–H and O–H groups in total. The lowest BCUT2D eigenvalue weighted by atomic mass is 9.72. The Morgan fingerprint density at radius 2 is 1.47 bits per heavy atom. The maximum Gasteiger partial charge on any atom is 0.119 e. The fourth-order valence-corrected chi connectivity index (χ4v) is 5.60. The molecule has 0 bridgehead atoms. The van der Waals surface area contributed by atoms with Gasteiger partial charge in [-0.25, -0.2) is 0 Å². The van der Waals surface area contributed by atoms with Crippen molar-refractivity contribution in [3.8, 4) is 5.75 Å². The van der Waals surface area contributed by atoms with Gasteiger partial charge >= 0.3 is 0 Å². The molecule has 1 aromatic carbocycles. The highest BCUT2D eigenvalue weighted by molar-refractivity contribution is 5.75. The standard InChI is InChI=1S/C31H48O/c1-3-5-7-8-9-10-12-26-13-15-27(16-14-26)28-17-19-29(20-18-28)30-21-23-31(24-22-30)32-25-11-6-4-2/h17,19-24,26-28H,3-16,18,25H2,1-2H3/t26-,27-,28?. The second-order valence-corrected chi connectivity index (χ2v) is 10.3. The number of rotatable bonds is 14. The molecule has 1 fully saturated rings. The molecule has 1 saturated carbocycles. The van der Waals surface area contributed by atoms with Crippen molar-refractivity contribution in [2.75, 3.05) is 6.61 Å². The summed E-state index contributed by atoms with van der Waals surface area (Å²) in [6.07, 6.45) is 28.2. The predicted octanol–water partition coefficient (Wildman–Crippen LogP) is 9.77. The summed E-state index contributed by atoms with van der Waals surface area (Å²) in [4.78, 5) is 0. The molecule has 1 aromatic rings. The van der Waals surface area contributed by atoms with Gasteiger partial charge in [0.05, 0.1) is 6.61 Å². The monoisotopic (exact) mass is 436 g/mol. The summed E-state index contributed by atoms with van der Waals surface area (Å²) in [7, 11) is 0. The Hall–Kier alpha value is -1.50. The first kappa shape index (κ1) is 25.1. The van der Waals surface area contributed by atoms with Crippen molar-refractivity contribution in [2.24, 2.45) is 17.8 Å². The number of hydrogen-bond donors (Lipinski definition) is 0. The smallest absolute Gasteiger partial charge is 0.119 e. The molecule has 1 heteroatoms. The Bertz CT molecular complexity index is 675. The van der Waals surface area contributed by atoms with Crippen LogP contribution in [-0.4, -0.2) is 6.61 Å². The molecule has 0 amide bonds. The minimum atomic E-state index is 0.759. The van der Waals surface area contributed by atoms with Crippen molar-refractivity contribution in [1.82, 2.24) is 0 Å². The molecule has 2 aliphatic carbocycles. The minimum Gasteiger partial charge on any atom is -0.494 e.